The topological polar surface area (TPSA) is 24.5 Å². The highest BCUT2D eigenvalue weighted by Crippen LogP contribution is 2.31. The largest absolute Gasteiger partial charge is 0.461 e. The first kappa shape index (κ1) is 25.2. The smallest absolute Gasteiger partial charge is 0.428 e. The number of hydrogen-bond donors (Lipinski definition) is 1. The van der Waals surface area contributed by atoms with Crippen LogP contribution >= 0.6 is 24.8 Å². The number of halogens is 6. The molecule has 0 saturated carbocycles. The van der Waals surface area contributed by atoms with Gasteiger partial charge >= 0.3 is 12.5 Å². The molecular weight excluding hydrogens is 395 g/mol. The van der Waals surface area contributed by atoms with Crippen molar-refractivity contribution < 1.29 is 22.3 Å². The zero-order valence-corrected chi connectivity index (χ0v) is 16.4. The average Bonchev–Trinajstić information content (AvgIpc) is 2.54. The maximum absolute atomic E-state index is 13.0. The third-order valence-electron chi connectivity index (χ3n) is 4.06. The van der Waals surface area contributed by atoms with Crippen LogP contribution in [0.3, 0.4) is 0 Å². The Balaban J connectivity index is 0.00000312. The molecule has 2 rings (SSSR count). The van der Waals surface area contributed by atoms with E-state index in [4.69, 9.17) is 0 Å². The van der Waals surface area contributed by atoms with Crippen molar-refractivity contribution in [1.82, 2.24) is 10.2 Å². The van der Waals surface area contributed by atoms with Crippen molar-refractivity contribution >= 4 is 24.8 Å². The fraction of sp³-hybridized carbons (Fsp3) is 0.647. The molecule has 1 saturated heterocycles. The Bertz CT molecular complexity index is 512. The van der Waals surface area contributed by atoms with E-state index in [9.17, 15) is 17.6 Å². The zero-order valence-electron chi connectivity index (χ0n) is 14.8. The molecule has 0 bridgehead atoms. The third kappa shape index (κ3) is 7.10. The van der Waals surface area contributed by atoms with Crippen molar-refractivity contribution in [1.29, 1.82) is 0 Å². The highest BCUT2D eigenvalue weighted by atomic mass is 35.5. The van der Waals surface area contributed by atoms with Crippen LogP contribution in [0.4, 0.5) is 17.6 Å². The van der Waals surface area contributed by atoms with Crippen LogP contribution in [0.1, 0.15) is 31.9 Å². The molecule has 1 N–H and O–H groups in total. The van der Waals surface area contributed by atoms with Crippen molar-refractivity contribution in [3.63, 3.8) is 0 Å². The van der Waals surface area contributed by atoms with E-state index in [0.717, 1.165) is 38.2 Å². The summed E-state index contributed by atoms with van der Waals surface area (Å²) >= 11 is 0. The molecule has 1 atom stereocenters. The molecule has 0 spiro atoms. The summed E-state index contributed by atoms with van der Waals surface area (Å²) in [5, 5.41) is 3.30. The quantitative estimate of drug-likeness (QED) is 0.643. The van der Waals surface area contributed by atoms with Crippen LogP contribution < -0.4 is 10.1 Å². The van der Waals surface area contributed by atoms with Gasteiger partial charge in [-0.25, -0.2) is 0 Å². The van der Waals surface area contributed by atoms with Gasteiger partial charge in [0.2, 0.25) is 0 Å². The number of piperazine rings is 1. The number of nitrogens with zero attached hydrogens (tertiary/aromatic N) is 1. The predicted octanol–water partition coefficient (Wildman–Crippen LogP) is 4.76. The molecule has 0 aliphatic carbocycles. The number of rotatable bonds is 7. The number of nitrogens with one attached hydrogen (secondary N) is 1. The summed E-state index contributed by atoms with van der Waals surface area (Å²) in [6.07, 6.45) is -7.39. The van der Waals surface area contributed by atoms with E-state index in [-0.39, 0.29) is 36.6 Å². The molecule has 0 unspecified atom stereocenters. The van der Waals surface area contributed by atoms with E-state index in [0.29, 0.717) is 5.92 Å². The highest BCUT2D eigenvalue weighted by molar-refractivity contribution is 5.85. The number of benzene rings is 1. The second-order valence-electron chi connectivity index (χ2n) is 6.46. The van der Waals surface area contributed by atoms with Crippen LogP contribution in [-0.2, 0) is 0 Å². The van der Waals surface area contributed by atoms with E-state index in [1.54, 1.807) is 12.1 Å². The van der Waals surface area contributed by atoms with E-state index < -0.39 is 12.5 Å². The van der Waals surface area contributed by atoms with Gasteiger partial charge in [-0.1, -0.05) is 26.0 Å². The number of alkyl halides is 4. The average molecular weight is 421 g/mol. The minimum Gasteiger partial charge on any atom is -0.428 e. The van der Waals surface area contributed by atoms with Crippen molar-refractivity contribution in [2.24, 2.45) is 5.92 Å². The van der Waals surface area contributed by atoms with Crippen LogP contribution in [0.15, 0.2) is 24.3 Å². The summed E-state index contributed by atoms with van der Waals surface area (Å²) in [6.45, 7) is 7.93. The Morgan fingerprint density at radius 1 is 1.08 bits per heavy atom. The van der Waals surface area contributed by atoms with Crippen LogP contribution in [-0.4, -0.2) is 43.6 Å². The molecule has 1 aliphatic rings. The maximum Gasteiger partial charge on any atom is 0.461 e. The molecule has 3 nitrogen and oxygen atoms in total. The van der Waals surface area contributed by atoms with Gasteiger partial charge in [0.15, 0.2) is 0 Å². The Morgan fingerprint density at radius 2 is 1.62 bits per heavy atom. The van der Waals surface area contributed by atoms with Crippen molar-refractivity contribution in [3.8, 4) is 5.75 Å². The van der Waals surface area contributed by atoms with Crippen molar-refractivity contribution in [2.45, 2.75) is 38.8 Å². The van der Waals surface area contributed by atoms with Crippen LogP contribution in [0.5, 0.6) is 5.75 Å². The highest BCUT2D eigenvalue weighted by Gasteiger charge is 2.44. The summed E-state index contributed by atoms with van der Waals surface area (Å²) in [6, 6.07) is 6.22. The van der Waals surface area contributed by atoms with Gasteiger partial charge < -0.3 is 10.1 Å². The summed E-state index contributed by atoms with van der Waals surface area (Å²) in [4.78, 5) is 2.36. The normalized spacial score (nSPS) is 16.8. The van der Waals surface area contributed by atoms with Crippen LogP contribution in [0.2, 0.25) is 0 Å². The molecular formula is C17H26Cl2F4N2O. The first-order valence-corrected chi connectivity index (χ1v) is 8.19. The molecule has 26 heavy (non-hydrogen) atoms. The monoisotopic (exact) mass is 420 g/mol. The van der Waals surface area contributed by atoms with Gasteiger partial charge in [0.25, 0.3) is 0 Å². The first-order chi connectivity index (χ1) is 11.3. The Hall–Kier alpha value is -0.760. The Kier molecular flexibility index (Phi) is 10.8. The van der Waals surface area contributed by atoms with E-state index in [1.165, 1.54) is 12.1 Å². The number of hydrogen-bond acceptors (Lipinski definition) is 3. The van der Waals surface area contributed by atoms with Crippen LogP contribution in [0.25, 0.3) is 0 Å². The van der Waals surface area contributed by atoms with E-state index in [2.05, 4.69) is 28.8 Å². The summed E-state index contributed by atoms with van der Waals surface area (Å²) in [5.74, 6) is 0.219. The fourth-order valence-corrected chi connectivity index (χ4v) is 2.90. The molecule has 9 heteroatoms. The molecule has 1 aromatic carbocycles. The van der Waals surface area contributed by atoms with E-state index >= 15 is 0 Å². The fourth-order valence-electron chi connectivity index (χ4n) is 2.90. The van der Waals surface area contributed by atoms with Crippen molar-refractivity contribution in [2.75, 3.05) is 26.2 Å². The lowest BCUT2D eigenvalue weighted by molar-refractivity contribution is -0.253. The molecule has 1 aliphatic heterocycles. The lowest BCUT2D eigenvalue weighted by Gasteiger charge is -2.36. The zero-order chi connectivity index (χ0) is 17.7. The third-order valence-corrected chi connectivity index (χ3v) is 4.06. The molecule has 152 valence electrons. The van der Waals surface area contributed by atoms with Gasteiger partial charge in [0, 0.05) is 32.2 Å². The number of ether oxygens (including phenoxy) is 1. The minimum atomic E-state index is -4.47. The van der Waals surface area contributed by atoms with Gasteiger partial charge in [0.1, 0.15) is 5.75 Å². The SMILES string of the molecule is CC(C)C[C@@H](c1ccc(OC(F)(F)C(F)F)cc1)N1CCNCC1.Cl.Cl. The molecule has 1 aromatic rings. The van der Waals surface area contributed by atoms with E-state index in [1.807, 2.05) is 0 Å². The minimum absolute atomic E-state index is 0. The molecule has 1 fully saturated rings. The van der Waals surface area contributed by atoms with Gasteiger partial charge in [-0.3, -0.25) is 4.90 Å². The summed E-state index contributed by atoms with van der Waals surface area (Å²) in [7, 11) is 0. The predicted molar refractivity (Wildman–Crippen MR) is 99.2 cm³/mol. The molecule has 0 aromatic heterocycles. The second kappa shape index (κ2) is 11.2. The summed E-state index contributed by atoms with van der Waals surface area (Å²) in [5.41, 5.74) is 0.985. The summed E-state index contributed by atoms with van der Waals surface area (Å²) < 4.78 is 54.5. The van der Waals surface area contributed by atoms with Crippen molar-refractivity contribution in [3.05, 3.63) is 29.8 Å². The van der Waals surface area contributed by atoms with Gasteiger partial charge in [-0.15, -0.1) is 24.8 Å². The molecule has 0 radical (unpaired) electrons. The maximum atomic E-state index is 13.0. The standard InChI is InChI=1S/C17H24F4N2O.2ClH/c1-12(2)11-15(23-9-7-22-8-10-23)13-3-5-14(6-4-13)24-17(20,21)16(18)19;;/h3-6,12,15-16,22H,7-11H2,1-2H3;2*1H/t15-;;/m0../s1. The van der Waals surface area contributed by atoms with Gasteiger partial charge in [-0.2, -0.15) is 17.6 Å². The van der Waals surface area contributed by atoms with Crippen LogP contribution in [0, 0.1) is 5.92 Å². The molecule has 0 amide bonds. The lowest BCUT2D eigenvalue weighted by atomic mass is 9.95. The first-order valence-electron chi connectivity index (χ1n) is 8.19. The second-order valence-corrected chi connectivity index (χ2v) is 6.46. The Morgan fingerprint density at radius 3 is 2.08 bits per heavy atom. The lowest BCUT2D eigenvalue weighted by Crippen LogP contribution is -2.45. The molecule has 1 heterocycles. The van der Waals surface area contributed by atoms with Gasteiger partial charge in [0.05, 0.1) is 0 Å². The van der Waals surface area contributed by atoms with Gasteiger partial charge in [-0.05, 0) is 30.0 Å². The Labute approximate surface area is 164 Å².